The van der Waals surface area contributed by atoms with Gasteiger partial charge in [-0.25, -0.2) is 0 Å². The standard InChI is InChI=1S/C74H45BN2.C69H43BN2/c1-2-19-46(20-3-1)47-37-42-69-67(43-47)75-66-33-16-17-34-68(66)76(48-38-40-56-54-25-8-14-31-62(54)73(64(56)44-48)58-27-10-4-21-50(58)51-22-5-11-28-59(51)73)70-35-18-36-71(72(70)75)77(69)49-39-41-57-55-26-9-15-32-63(55)74(65(57)45-49)60-29-12-6-23-52(60)53-24-7-13-30-61(53)74;1-42-33-38-64-62(39-42)70-61-29-14-15-30-63(61)71(43-34-36-51-49-21-6-12-27-57(49)68(59(51)40-43)53-23-8-2-17-45(53)46-18-3-9-24-54(46)68)65-31-16-32-66(67(65)70)72(64)44-35-37-52-50-22-7-13-28-58(50)69(60(52)41-44)55-25-10-4-19-47(55)48-20-5-11-26-56(48)69/h1-45H;2-41H,1H3. The summed E-state index contributed by atoms with van der Waals surface area (Å²) >= 11 is 0. The number of nitrogens with zero attached hydrogens (tertiary/aromatic N) is 4. The first-order valence-electron chi connectivity index (χ1n) is 52.6. The molecule has 0 unspecified atom stereocenters. The Labute approximate surface area is 866 Å². The van der Waals surface area contributed by atoms with E-state index >= 15 is 0 Å². The number of rotatable bonds is 5. The Morgan fingerprint density at radius 2 is 0.349 bits per heavy atom. The zero-order chi connectivity index (χ0) is 97.2. The van der Waals surface area contributed by atoms with Crippen LogP contribution in [0.1, 0.15) is 94.6 Å². The van der Waals surface area contributed by atoms with E-state index in [2.05, 4.69) is 542 Å². The normalized spacial score (nSPS) is 15.0. The molecular weight excluding hydrogens is 1800 g/mol. The molecule has 4 spiro atoms. The van der Waals surface area contributed by atoms with Gasteiger partial charge in [-0.2, -0.15) is 0 Å². The third kappa shape index (κ3) is 10.2. The van der Waals surface area contributed by atoms with Crippen LogP contribution in [-0.2, 0) is 21.7 Å². The van der Waals surface area contributed by atoms with Crippen LogP contribution < -0.4 is 52.4 Å². The van der Waals surface area contributed by atoms with Crippen LogP contribution in [0.5, 0.6) is 0 Å². The summed E-state index contributed by atoms with van der Waals surface area (Å²) in [7, 11) is 0. The molecule has 0 amide bonds. The minimum absolute atomic E-state index is 0.0271. The minimum atomic E-state index is -0.468. The molecule has 23 aromatic carbocycles. The van der Waals surface area contributed by atoms with E-state index in [0.29, 0.717) is 0 Å². The van der Waals surface area contributed by atoms with Crippen LogP contribution in [0, 0.1) is 6.92 Å². The summed E-state index contributed by atoms with van der Waals surface area (Å²) in [4.78, 5) is 10.3. The summed E-state index contributed by atoms with van der Waals surface area (Å²) in [6.45, 7) is 2.25. The zero-order valence-corrected chi connectivity index (χ0v) is 81.5. The van der Waals surface area contributed by atoms with Gasteiger partial charge in [-0.1, -0.05) is 424 Å². The van der Waals surface area contributed by atoms with Crippen molar-refractivity contribution >= 4 is 114 Å². The molecule has 8 aliphatic carbocycles. The molecule has 686 valence electrons. The summed E-state index contributed by atoms with van der Waals surface area (Å²) in [5, 5.41) is 0. The zero-order valence-electron chi connectivity index (χ0n) is 81.5. The number of anilines is 12. The largest absolute Gasteiger partial charge is 0.311 e. The van der Waals surface area contributed by atoms with Crippen LogP contribution in [0.2, 0.25) is 0 Å². The maximum absolute atomic E-state index is 2.59. The molecule has 149 heavy (non-hydrogen) atoms. The van der Waals surface area contributed by atoms with E-state index in [1.807, 2.05) is 0 Å². The van der Waals surface area contributed by atoms with Gasteiger partial charge in [0.1, 0.15) is 0 Å². The first-order chi connectivity index (χ1) is 73.9. The molecule has 4 heterocycles. The van der Waals surface area contributed by atoms with E-state index < -0.39 is 21.7 Å². The highest BCUT2D eigenvalue weighted by Crippen LogP contribution is 2.70. The van der Waals surface area contributed by atoms with Crippen LogP contribution in [-0.4, -0.2) is 13.4 Å². The number of hydrogen-bond acceptors (Lipinski definition) is 4. The summed E-state index contributed by atoms with van der Waals surface area (Å²) in [6, 6.07) is 197. The van der Waals surface area contributed by atoms with Crippen LogP contribution in [0.25, 0.3) is 100 Å². The highest BCUT2D eigenvalue weighted by molar-refractivity contribution is 7.01. The Bertz CT molecular complexity index is 9650. The van der Waals surface area contributed by atoms with Gasteiger partial charge in [0.15, 0.2) is 0 Å². The van der Waals surface area contributed by atoms with Crippen LogP contribution in [0.3, 0.4) is 0 Å². The predicted molar refractivity (Wildman–Crippen MR) is 616 cm³/mol. The lowest BCUT2D eigenvalue weighted by molar-refractivity contribution is 0.793. The van der Waals surface area contributed by atoms with E-state index in [4.69, 9.17) is 0 Å². The quantitative estimate of drug-likeness (QED) is 0.159. The van der Waals surface area contributed by atoms with Gasteiger partial charge < -0.3 is 19.6 Å². The van der Waals surface area contributed by atoms with Gasteiger partial charge in [0, 0.05) is 68.2 Å². The fraction of sp³-hybridized carbons (Fsp3) is 0.0350. The molecule has 4 aliphatic heterocycles. The molecule has 0 aromatic heterocycles. The first kappa shape index (κ1) is 81.8. The number of hydrogen-bond donors (Lipinski definition) is 0. The van der Waals surface area contributed by atoms with Gasteiger partial charge in [-0.3, -0.25) is 0 Å². The first-order valence-corrected chi connectivity index (χ1v) is 52.6. The molecule has 0 fully saturated rings. The second-order valence-electron chi connectivity index (χ2n) is 42.4. The van der Waals surface area contributed by atoms with E-state index in [-0.39, 0.29) is 13.4 Å². The van der Waals surface area contributed by atoms with Gasteiger partial charge in [0.2, 0.25) is 0 Å². The third-order valence-corrected chi connectivity index (χ3v) is 36.0. The van der Waals surface area contributed by atoms with Crippen molar-refractivity contribution in [2.45, 2.75) is 28.6 Å². The van der Waals surface area contributed by atoms with Gasteiger partial charge in [0.25, 0.3) is 13.4 Å². The van der Waals surface area contributed by atoms with E-state index in [1.165, 1.54) is 284 Å². The lowest BCUT2D eigenvalue weighted by Gasteiger charge is -2.44. The fourth-order valence-corrected chi connectivity index (χ4v) is 30.7. The van der Waals surface area contributed by atoms with Gasteiger partial charge in [0.05, 0.1) is 21.7 Å². The third-order valence-electron chi connectivity index (χ3n) is 36.0. The molecule has 0 saturated heterocycles. The molecule has 12 aliphatic rings. The number of aryl methyl sites for hydroxylation is 1. The molecule has 4 nitrogen and oxygen atoms in total. The molecule has 35 rings (SSSR count). The van der Waals surface area contributed by atoms with E-state index in [9.17, 15) is 0 Å². The van der Waals surface area contributed by atoms with Crippen molar-refractivity contribution in [2.24, 2.45) is 0 Å². The Hall–Kier alpha value is -18.6. The van der Waals surface area contributed by atoms with Crippen molar-refractivity contribution < 1.29 is 0 Å². The van der Waals surface area contributed by atoms with Crippen LogP contribution in [0.15, 0.2) is 516 Å². The SMILES string of the molecule is Cc1ccc2c(c1)B1c3ccccc3N(c3ccc4c(c3)C3(c5ccccc5-c5ccccc53)c3ccccc3-4)c3cccc(c31)N2c1ccc2c(c1)C1(c3ccccc3-c3ccccc31)c1ccccc1-2.c1ccc(-c2ccc3c(c2)B2c4ccccc4N(c4ccc5c(c4)C4(c6ccccc6-c6ccccc64)c4ccccc4-5)c4cccc(c42)N3c2ccc3c(c2)C2(c4ccccc4-c4ccccc42)c2ccccc2-3)cc1. The number of fused-ring (bicyclic) bond motifs is 48. The second-order valence-corrected chi connectivity index (χ2v) is 42.4. The molecule has 0 atom stereocenters. The van der Waals surface area contributed by atoms with Crippen LogP contribution in [0.4, 0.5) is 68.2 Å². The van der Waals surface area contributed by atoms with E-state index in [1.54, 1.807) is 0 Å². The highest BCUT2D eigenvalue weighted by Gasteiger charge is 2.59. The minimum Gasteiger partial charge on any atom is -0.311 e. The summed E-state index contributed by atoms with van der Waals surface area (Å²) < 4.78 is 0. The molecular formula is C143H88B2N4. The number of benzene rings is 23. The van der Waals surface area contributed by atoms with Crippen molar-refractivity contribution in [1.82, 2.24) is 0 Å². The smallest absolute Gasteiger partial charge is 0.252 e. The van der Waals surface area contributed by atoms with Crippen molar-refractivity contribution in [3.05, 3.63) is 610 Å². The van der Waals surface area contributed by atoms with Crippen molar-refractivity contribution in [3.63, 3.8) is 0 Å². The molecule has 6 heteroatoms. The number of para-hydroxylation sites is 2. The maximum atomic E-state index is 2.59. The molecule has 0 radical (unpaired) electrons. The van der Waals surface area contributed by atoms with Crippen molar-refractivity contribution in [1.29, 1.82) is 0 Å². The summed E-state index contributed by atoms with van der Waals surface area (Å²) in [6.07, 6.45) is 0. The molecule has 23 aromatic rings. The topological polar surface area (TPSA) is 13.0 Å². The maximum Gasteiger partial charge on any atom is 0.252 e. The van der Waals surface area contributed by atoms with Crippen molar-refractivity contribution in [3.8, 4) is 100 Å². The van der Waals surface area contributed by atoms with Gasteiger partial charge in [-0.15, -0.1) is 0 Å². The van der Waals surface area contributed by atoms with E-state index in [0.717, 1.165) is 11.4 Å². The average molecular weight is 1880 g/mol. The molecule has 0 N–H and O–H groups in total. The predicted octanol–water partition coefficient (Wildman–Crippen LogP) is 30.9. The summed E-state index contributed by atoms with van der Waals surface area (Å²) in [5.41, 5.74) is 66.7. The van der Waals surface area contributed by atoms with Crippen LogP contribution >= 0.6 is 0 Å². The lowest BCUT2D eigenvalue weighted by Crippen LogP contribution is -2.61. The average Bonchev–Trinajstić information content (AvgIpc) is 1.59. The van der Waals surface area contributed by atoms with Gasteiger partial charge in [-0.05, 0) is 326 Å². The monoisotopic (exact) mass is 1880 g/mol. The molecule has 0 bridgehead atoms. The van der Waals surface area contributed by atoms with Gasteiger partial charge >= 0.3 is 0 Å². The molecule has 0 saturated carbocycles. The fourth-order valence-electron chi connectivity index (χ4n) is 30.7. The second kappa shape index (κ2) is 29.8. The summed E-state index contributed by atoms with van der Waals surface area (Å²) in [5.74, 6) is 0. The van der Waals surface area contributed by atoms with Crippen molar-refractivity contribution in [2.75, 3.05) is 19.6 Å². The highest BCUT2D eigenvalue weighted by atomic mass is 15.2. The Kier molecular flexibility index (Phi) is 16.4. The Balaban J connectivity index is 0.000000127. The Morgan fingerprint density at radius 1 is 0.141 bits per heavy atom. The Morgan fingerprint density at radius 3 is 0.617 bits per heavy atom. The lowest BCUT2D eigenvalue weighted by atomic mass is 9.33.